The van der Waals surface area contributed by atoms with E-state index >= 15 is 0 Å². The molecule has 0 N–H and O–H groups in total. The molecule has 0 saturated carbocycles. The highest BCUT2D eigenvalue weighted by Gasteiger charge is 2.30. The van der Waals surface area contributed by atoms with E-state index in [1.54, 1.807) is 24.3 Å². The van der Waals surface area contributed by atoms with Crippen LogP contribution in [0.4, 0.5) is 0 Å². The van der Waals surface area contributed by atoms with E-state index in [1.807, 2.05) is 0 Å². The van der Waals surface area contributed by atoms with Crippen LogP contribution in [0.25, 0.3) is 0 Å². The molecule has 69 valence electrons. The van der Waals surface area contributed by atoms with Crippen molar-refractivity contribution in [1.29, 1.82) is 0 Å². The SMILES string of the molecule is O=C(Oc1cc[c]cc1)C(Br)(Br)Br. The van der Waals surface area contributed by atoms with Gasteiger partial charge in [-0.25, -0.2) is 4.79 Å². The Morgan fingerprint density at radius 3 is 2.31 bits per heavy atom. The second-order valence-electron chi connectivity index (χ2n) is 2.12. The molecule has 1 radical (unpaired) electrons. The molecule has 0 aliphatic rings. The van der Waals surface area contributed by atoms with Gasteiger partial charge in [0, 0.05) is 0 Å². The molecule has 0 aliphatic heterocycles. The maximum atomic E-state index is 11.3. The Balaban J connectivity index is 2.66. The van der Waals surface area contributed by atoms with Crippen molar-refractivity contribution < 1.29 is 9.53 Å². The molecule has 0 unspecified atom stereocenters. The summed E-state index contributed by atoms with van der Waals surface area (Å²) in [4.78, 5) is 11.3. The summed E-state index contributed by atoms with van der Waals surface area (Å²) in [5.41, 5.74) is 0. The van der Waals surface area contributed by atoms with Crippen molar-refractivity contribution in [2.75, 3.05) is 0 Å². The van der Waals surface area contributed by atoms with Gasteiger partial charge in [0.1, 0.15) is 5.75 Å². The molecule has 1 aromatic carbocycles. The number of benzene rings is 1. The molecule has 0 spiro atoms. The number of ether oxygens (including phenoxy) is 1. The van der Waals surface area contributed by atoms with Gasteiger partial charge in [-0.3, -0.25) is 0 Å². The molecule has 0 amide bonds. The first-order valence-corrected chi connectivity index (χ1v) is 5.63. The minimum Gasteiger partial charge on any atom is -0.424 e. The van der Waals surface area contributed by atoms with Crippen LogP contribution in [-0.2, 0) is 4.79 Å². The molecule has 0 aliphatic carbocycles. The van der Waals surface area contributed by atoms with Crippen molar-refractivity contribution in [2.24, 2.45) is 0 Å². The lowest BCUT2D eigenvalue weighted by atomic mass is 10.3. The fourth-order valence-electron chi connectivity index (χ4n) is 0.605. The van der Waals surface area contributed by atoms with Crippen molar-refractivity contribution >= 4 is 53.8 Å². The molecule has 13 heavy (non-hydrogen) atoms. The minimum atomic E-state index is -1.02. The highest BCUT2D eigenvalue weighted by atomic mass is 80.0. The number of esters is 1. The Hall–Kier alpha value is 0.130. The smallest absolute Gasteiger partial charge is 0.350 e. The van der Waals surface area contributed by atoms with Gasteiger partial charge in [-0.15, -0.1) is 0 Å². The number of alkyl halides is 3. The molecule has 1 aromatic rings. The van der Waals surface area contributed by atoms with Gasteiger partial charge in [-0.2, -0.15) is 0 Å². The molecule has 0 atom stereocenters. The average Bonchev–Trinajstić information content (AvgIpc) is 2.04. The number of hydrogen-bond acceptors (Lipinski definition) is 2. The third-order valence-corrected chi connectivity index (χ3v) is 2.10. The van der Waals surface area contributed by atoms with Gasteiger partial charge in [0.05, 0.1) is 0 Å². The summed E-state index contributed by atoms with van der Waals surface area (Å²) in [6.07, 6.45) is 0. The van der Waals surface area contributed by atoms with Gasteiger partial charge in [-0.1, -0.05) is 12.1 Å². The van der Waals surface area contributed by atoms with E-state index in [4.69, 9.17) is 4.74 Å². The Kier molecular flexibility index (Phi) is 3.94. The summed E-state index contributed by atoms with van der Waals surface area (Å²) in [5.74, 6) is 0.00479. The average molecular weight is 372 g/mol. The van der Waals surface area contributed by atoms with Gasteiger partial charge in [0.25, 0.3) is 0 Å². The number of carbonyl (C=O) groups excluding carboxylic acids is 1. The molecule has 0 saturated heterocycles. The lowest BCUT2D eigenvalue weighted by molar-refractivity contribution is -0.132. The molecular weight excluding hydrogens is 368 g/mol. The zero-order valence-electron chi connectivity index (χ0n) is 6.26. The number of carbonyl (C=O) groups is 1. The molecule has 0 fully saturated rings. The van der Waals surface area contributed by atoms with Crippen LogP contribution in [0.2, 0.25) is 0 Å². The van der Waals surface area contributed by atoms with E-state index < -0.39 is 8.11 Å². The quantitative estimate of drug-likeness (QED) is 0.430. The Morgan fingerprint density at radius 1 is 1.31 bits per heavy atom. The normalized spacial score (nSPS) is 11.0. The van der Waals surface area contributed by atoms with Crippen LogP contribution >= 0.6 is 47.8 Å². The van der Waals surface area contributed by atoms with Gasteiger partial charge in [0.15, 0.2) is 0 Å². The van der Waals surface area contributed by atoms with Crippen molar-refractivity contribution in [2.45, 2.75) is 2.14 Å². The van der Waals surface area contributed by atoms with Gasteiger partial charge in [-0.05, 0) is 66.0 Å². The number of halogens is 3. The third kappa shape index (κ3) is 3.79. The molecule has 0 bridgehead atoms. The second kappa shape index (κ2) is 4.57. The molecule has 5 heteroatoms. The van der Waals surface area contributed by atoms with E-state index in [1.165, 1.54) is 0 Å². The van der Waals surface area contributed by atoms with Crippen LogP contribution in [0, 0.1) is 6.07 Å². The van der Waals surface area contributed by atoms with Crippen molar-refractivity contribution in [1.82, 2.24) is 0 Å². The fraction of sp³-hybridized carbons (Fsp3) is 0.125. The first-order chi connectivity index (χ1) is 6.00. The number of rotatable bonds is 1. The van der Waals surface area contributed by atoms with Crippen LogP contribution in [-0.4, -0.2) is 8.11 Å². The Morgan fingerprint density at radius 2 is 1.85 bits per heavy atom. The Bertz CT molecular complexity index is 292. The highest BCUT2D eigenvalue weighted by Crippen LogP contribution is 2.34. The minimum absolute atomic E-state index is 0.473. The molecule has 2 nitrogen and oxygen atoms in total. The lowest BCUT2D eigenvalue weighted by Crippen LogP contribution is -2.23. The summed E-state index contributed by atoms with van der Waals surface area (Å²) in [6, 6.07) is 9.45. The molecule has 1 rings (SSSR count). The van der Waals surface area contributed by atoms with Gasteiger partial charge < -0.3 is 4.74 Å². The zero-order chi connectivity index (χ0) is 9.90. The molecular formula is C8H4Br3O2. The predicted molar refractivity (Wildman–Crippen MR) is 60.4 cm³/mol. The molecule has 0 aromatic heterocycles. The van der Waals surface area contributed by atoms with E-state index in [0.717, 1.165) is 0 Å². The summed E-state index contributed by atoms with van der Waals surface area (Å²) in [5, 5.41) is 0. The van der Waals surface area contributed by atoms with Crippen LogP contribution in [0.1, 0.15) is 0 Å². The van der Waals surface area contributed by atoms with Crippen molar-refractivity contribution in [3.63, 3.8) is 0 Å². The lowest BCUT2D eigenvalue weighted by Gasteiger charge is -2.10. The maximum Gasteiger partial charge on any atom is 0.350 e. The van der Waals surface area contributed by atoms with Gasteiger partial charge in [0.2, 0.25) is 2.14 Å². The monoisotopic (exact) mass is 369 g/mol. The third-order valence-electron chi connectivity index (χ3n) is 1.13. The highest BCUT2D eigenvalue weighted by molar-refractivity contribution is 9.40. The largest absolute Gasteiger partial charge is 0.424 e. The standard InChI is InChI=1S/C8H4Br3O2/c9-8(10,11)7(12)13-6-4-2-1-3-5-6/h2-5H. The van der Waals surface area contributed by atoms with Crippen molar-refractivity contribution in [3.05, 3.63) is 30.3 Å². The summed E-state index contributed by atoms with van der Waals surface area (Å²) < 4.78 is 3.96. The summed E-state index contributed by atoms with van der Waals surface area (Å²) in [6.45, 7) is 0. The Labute approximate surface area is 101 Å². The fourth-order valence-corrected chi connectivity index (χ4v) is 0.847. The van der Waals surface area contributed by atoms with E-state index in [0.29, 0.717) is 5.75 Å². The summed E-state index contributed by atoms with van der Waals surface area (Å²) >= 11 is 9.16. The first-order valence-electron chi connectivity index (χ1n) is 3.25. The van der Waals surface area contributed by atoms with Crippen LogP contribution < -0.4 is 4.74 Å². The van der Waals surface area contributed by atoms with Crippen molar-refractivity contribution in [3.8, 4) is 5.75 Å². The zero-order valence-corrected chi connectivity index (χ0v) is 11.0. The van der Waals surface area contributed by atoms with Gasteiger partial charge >= 0.3 is 5.97 Å². The first kappa shape index (κ1) is 11.2. The van der Waals surface area contributed by atoms with E-state index in [2.05, 4.69) is 53.9 Å². The second-order valence-corrected chi connectivity index (χ2v) is 8.88. The molecule has 0 heterocycles. The van der Waals surface area contributed by atoms with E-state index in [9.17, 15) is 4.79 Å². The topological polar surface area (TPSA) is 26.3 Å². The number of hydrogen-bond donors (Lipinski definition) is 0. The predicted octanol–water partition coefficient (Wildman–Crippen LogP) is 3.23. The van der Waals surface area contributed by atoms with E-state index in [-0.39, 0.29) is 0 Å². The van der Waals surface area contributed by atoms with Crippen LogP contribution in [0.3, 0.4) is 0 Å². The van der Waals surface area contributed by atoms with Crippen LogP contribution in [0.5, 0.6) is 5.75 Å². The van der Waals surface area contributed by atoms with Crippen LogP contribution in [0.15, 0.2) is 24.3 Å². The summed E-state index contributed by atoms with van der Waals surface area (Å²) in [7, 11) is 0. The maximum absolute atomic E-state index is 11.3.